The Morgan fingerprint density at radius 3 is 2.78 bits per heavy atom. The molecule has 0 amide bonds. The first-order chi connectivity index (χ1) is 8.56. The summed E-state index contributed by atoms with van der Waals surface area (Å²) in [6.45, 7) is 4.10. The van der Waals surface area contributed by atoms with E-state index in [0.29, 0.717) is 6.42 Å². The molecule has 2 rings (SSSR count). The first kappa shape index (κ1) is 12.4. The van der Waals surface area contributed by atoms with Crippen molar-refractivity contribution in [3.63, 3.8) is 0 Å². The van der Waals surface area contributed by atoms with E-state index in [-0.39, 0.29) is 6.42 Å². The molecule has 0 unspecified atom stereocenters. The molecule has 0 radical (unpaired) electrons. The predicted molar refractivity (Wildman–Crippen MR) is 69.5 cm³/mol. The highest BCUT2D eigenvalue weighted by atomic mass is 16.4. The van der Waals surface area contributed by atoms with E-state index in [0.717, 1.165) is 17.0 Å². The molecule has 1 aromatic heterocycles. The largest absolute Gasteiger partial charge is 0.481 e. The lowest BCUT2D eigenvalue weighted by Crippen LogP contribution is -1.97. The predicted octanol–water partition coefficient (Wildman–Crippen LogP) is 2.71. The van der Waals surface area contributed by atoms with Crippen LogP contribution in [-0.2, 0) is 11.2 Å². The summed E-state index contributed by atoms with van der Waals surface area (Å²) < 4.78 is 0. The van der Waals surface area contributed by atoms with Crippen LogP contribution in [0.3, 0.4) is 0 Å². The Kier molecular flexibility index (Phi) is 3.46. The lowest BCUT2D eigenvalue weighted by molar-refractivity contribution is -0.136. The number of aromatic amines is 1. The van der Waals surface area contributed by atoms with Gasteiger partial charge in [-0.3, -0.25) is 9.89 Å². The molecule has 0 aliphatic heterocycles. The molecule has 0 saturated heterocycles. The van der Waals surface area contributed by atoms with E-state index in [1.165, 1.54) is 11.1 Å². The van der Waals surface area contributed by atoms with Crippen LogP contribution in [-0.4, -0.2) is 21.3 Å². The molecule has 0 atom stereocenters. The van der Waals surface area contributed by atoms with E-state index >= 15 is 0 Å². The Morgan fingerprint density at radius 1 is 1.33 bits per heavy atom. The minimum Gasteiger partial charge on any atom is -0.481 e. The number of rotatable bonds is 4. The molecule has 1 aromatic carbocycles. The number of carboxylic acids is 1. The molecule has 0 fully saturated rings. The number of nitrogens with one attached hydrogen (secondary N) is 1. The Labute approximate surface area is 106 Å². The van der Waals surface area contributed by atoms with Crippen LogP contribution in [0.25, 0.3) is 11.3 Å². The number of hydrogen-bond acceptors (Lipinski definition) is 2. The summed E-state index contributed by atoms with van der Waals surface area (Å²) >= 11 is 0. The third kappa shape index (κ3) is 2.77. The molecule has 0 saturated carbocycles. The molecule has 94 valence electrons. The molecule has 0 aliphatic rings. The van der Waals surface area contributed by atoms with E-state index < -0.39 is 5.97 Å². The zero-order chi connectivity index (χ0) is 13.1. The van der Waals surface area contributed by atoms with Crippen molar-refractivity contribution >= 4 is 5.97 Å². The molecule has 2 aromatic rings. The van der Waals surface area contributed by atoms with Gasteiger partial charge in [-0.15, -0.1) is 0 Å². The zero-order valence-electron chi connectivity index (χ0n) is 10.5. The van der Waals surface area contributed by atoms with Crippen LogP contribution < -0.4 is 0 Å². The highest BCUT2D eigenvalue weighted by Gasteiger charge is 2.08. The van der Waals surface area contributed by atoms with Crippen molar-refractivity contribution in [3.8, 4) is 11.3 Å². The summed E-state index contributed by atoms with van der Waals surface area (Å²) in [7, 11) is 0. The number of carboxylic acid groups (broad SMARTS) is 1. The maximum Gasteiger partial charge on any atom is 0.303 e. The number of hydrogen-bond donors (Lipinski definition) is 2. The average Bonchev–Trinajstić information content (AvgIpc) is 2.75. The first-order valence-corrected chi connectivity index (χ1v) is 5.90. The van der Waals surface area contributed by atoms with Crippen molar-refractivity contribution in [1.29, 1.82) is 0 Å². The van der Waals surface area contributed by atoms with Gasteiger partial charge in [0.2, 0.25) is 0 Å². The third-order valence-corrected chi connectivity index (χ3v) is 2.90. The van der Waals surface area contributed by atoms with Gasteiger partial charge in [0.05, 0.1) is 12.1 Å². The number of aryl methyl sites for hydroxylation is 3. The topological polar surface area (TPSA) is 66.0 Å². The van der Waals surface area contributed by atoms with Crippen molar-refractivity contribution in [2.45, 2.75) is 26.7 Å². The molecular weight excluding hydrogens is 228 g/mol. The van der Waals surface area contributed by atoms with Gasteiger partial charge in [-0.2, -0.15) is 5.10 Å². The Bertz CT molecular complexity index is 573. The van der Waals surface area contributed by atoms with Gasteiger partial charge in [0.25, 0.3) is 0 Å². The van der Waals surface area contributed by atoms with Gasteiger partial charge in [-0.1, -0.05) is 23.8 Å². The smallest absolute Gasteiger partial charge is 0.303 e. The fourth-order valence-electron chi connectivity index (χ4n) is 1.97. The first-order valence-electron chi connectivity index (χ1n) is 5.90. The van der Waals surface area contributed by atoms with Gasteiger partial charge in [0.1, 0.15) is 0 Å². The van der Waals surface area contributed by atoms with Crippen molar-refractivity contribution in [3.05, 3.63) is 41.1 Å². The van der Waals surface area contributed by atoms with Crippen LogP contribution in [0.15, 0.2) is 24.3 Å². The molecule has 2 N–H and O–H groups in total. The summed E-state index contributed by atoms with van der Waals surface area (Å²) in [6, 6.07) is 8.12. The van der Waals surface area contributed by atoms with Crippen LogP contribution in [0.5, 0.6) is 0 Å². The van der Waals surface area contributed by atoms with Gasteiger partial charge in [-0.25, -0.2) is 0 Å². The average molecular weight is 244 g/mol. The van der Waals surface area contributed by atoms with Gasteiger partial charge in [0.15, 0.2) is 0 Å². The van der Waals surface area contributed by atoms with E-state index in [9.17, 15) is 4.79 Å². The third-order valence-electron chi connectivity index (χ3n) is 2.90. The summed E-state index contributed by atoms with van der Waals surface area (Å²) in [5.74, 6) is -0.794. The minimum absolute atomic E-state index is 0.120. The number of nitrogens with zero attached hydrogens (tertiary/aromatic N) is 1. The second-order valence-corrected chi connectivity index (χ2v) is 4.49. The second-order valence-electron chi connectivity index (χ2n) is 4.49. The lowest BCUT2D eigenvalue weighted by atomic mass is 10.0. The van der Waals surface area contributed by atoms with Crippen LogP contribution in [0.1, 0.15) is 23.2 Å². The number of aromatic nitrogens is 2. The fourth-order valence-corrected chi connectivity index (χ4v) is 1.97. The fraction of sp³-hybridized carbons (Fsp3) is 0.286. The number of aliphatic carboxylic acids is 1. The van der Waals surface area contributed by atoms with Gasteiger partial charge in [0, 0.05) is 11.3 Å². The quantitative estimate of drug-likeness (QED) is 0.869. The normalized spacial score (nSPS) is 10.6. The number of benzene rings is 1. The Balaban J connectivity index is 2.21. The molecule has 0 aliphatic carbocycles. The van der Waals surface area contributed by atoms with Gasteiger partial charge in [-0.05, 0) is 31.9 Å². The maximum atomic E-state index is 10.5. The van der Waals surface area contributed by atoms with E-state index in [4.69, 9.17) is 5.11 Å². The van der Waals surface area contributed by atoms with Crippen molar-refractivity contribution in [2.75, 3.05) is 0 Å². The highest BCUT2D eigenvalue weighted by molar-refractivity contribution is 5.67. The zero-order valence-corrected chi connectivity index (χ0v) is 10.5. The van der Waals surface area contributed by atoms with Crippen LogP contribution in [0.4, 0.5) is 0 Å². The summed E-state index contributed by atoms with van der Waals surface area (Å²) in [5.41, 5.74) is 5.20. The van der Waals surface area contributed by atoms with Crippen molar-refractivity contribution < 1.29 is 9.90 Å². The molecule has 0 bridgehead atoms. The summed E-state index contributed by atoms with van der Waals surface area (Å²) in [6.07, 6.45) is 0.599. The Hall–Kier alpha value is -2.10. The van der Waals surface area contributed by atoms with Gasteiger partial charge < -0.3 is 5.11 Å². The Morgan fingerprint density at radius 2 is 2.11 bits per heavy atom. The van der Waals surface area contributed by atoms with Gasteiger partial charge >= 0.3 is 5.97 Å². The van der Waals surface area contributed by atoms with Crippen LogP contribution in [0, 0.1) is 13.8 Å². The van der Waals surface area contributed by atoms with E-state index in [1.54, 1.807) is 0 Å². The molecule has 0 spiro atoms. The maximum absolute atomic E-state index is 10.5. The molecule has 18 heavy (non-hydrogen) atoms. The standard InChI is InChI=1S/C14H16N2O2/c1-9-3-5-12(10(2)7-9)13-8-11(15-16-13)4-6-14(17)18/h3,5,7-8H,4,6H2,1-2H3,(H,15,16)(H,17,18). The van der Waals surface area contributed by atoms with Crippen molar-refractivity contribution in [2.24, 2.45) is 0 Å². The number of carbonyl (C=O) groups is 1. The van der Waals surface area contributed by atoms with E-state index in [2.05, 4.69) is 23.2 Å². The highest BCUT2D eigenvalue weighted by Crippen LogP contribution is 2.23. The number of H-pyrrole nitrogens is 1. The minimum atomic E-state index is -0.794. The summed E-state index contributed by atoms with van der Waals surface area (Å²) in [5, 5.41) is 15.8. The molecule has 4 nitrogen and oxygen atoms in total. The molecule has 4 heteroatoms. The molecule has 1 heterocycles. The summed E-state index contributed by atoms with van der Waals surface area (Å²) in [4.78, 5) is 10.5. The second kappa shape index (κ2) is 5.04. The SMILES string of the molecule is Cc1ccc(-c2cc(CCC(=O)O)[nH]n2)c(C)c1. The van der Waals surface area contributed by atoms with Crippen LogP contribution in [0.2, 0.25) is 0 Å². The van der Waals surface area contributed by atoms with Crippen molar-refractivity contribution in [1.82, 2.24) is 10.2 Å². The lowest BCUT2D eigenvalue weighted by Gasteiger charge is -2.02. The van der Waals surface area contributed by atoms with Crippen LogP contribution >= 0.6 is 0 Å². The monoisotopic (exact) mass is 244 g/mol. The van der Waals surface area contributed by atoms with E-state index in [1.807, 2.05) is 25.1 Å². The molecular formula is C14H16N2O2.